The fraction of sp³-hybridized carbons (Fsp3) is 0.400. The molecule has 1 aliphatic carbocycles. The molecule has 1 aromatic carbocycles. The number of aryl methyl sites for hydroxylation is 1. The van der Waals surface area contributed by atoms with Gasteiger partial charge in [-0.15, -0.1) is 11.3 Å². The molecule has 5 heteroatoms. The van der Waals surface area contributed by atoms with Crippen molar-refractivity contribution in [2.75, 3.05) is 13.7 Å². The minimum atomic E-state index is -0.421. The van der Waals surface area contributed by atoms with E-state index in [4.69, 9.17) is 9.47 Å². The maximum atomic E-state index is 12.3. The van der Waals surface area contributed by atoms with Crippen LogP contribution in [-0.2, 0) is 17.6 Å². The zero-order valence-corrected chi connectivity index (χ0v) is 15.4. The number of fused-ring (bicyclic) bond motifs is 1. The van der Waals surface area contributed by atoms with Crippen molar-refractivity contribution >= 4 is 23.1 Å². The summed E-state index contributed by atoms with van der Waals surface area (Å²) in [6.07, 6.45) is 4.43. The molecule has 1 heterocycles. The van der Waals surface area contributed by atoms with Crippen LogP contribution in [0.1, 0.15) is 50.2 Å². The van der Waals surface area contributed by atoms with Gasteiger partial charge in [0.2, 0.25) is 5.78 Å². The van der Waals surface area contributed by atoms with E-state index in [9.17, 15) is 9.59 Å². The van der Waals surface area contributed by atoms with Gasteiger partial charge in [-0.05, 0) is 48.9 Å². The lowest BCUT2D eigenvalue weighted by Crippen LogP contribution is -2.14. The molecule has 0 aliphatic heterocycles. The maximum absolute atomic E-state index is 12.3. The van der Waals surface area contributed by atoms with Gasteiger partial charge in [-0.2, -0.15) is 0 Å². The number of Topliss-reactive ketones (excluding diaryl/α,β-unsaturated/α-hetero) is 1. The fourth-order valence-electron chi connectivity index (χ4n) is 3.20. The third-order valence-corrected chi connectivity index (χ3v) is 5.92. The van der Waals surface area contributed by atoms with Gasteiger partial charge >= 0.3 is 5.97 Å². The van der Waals surface area contributed by atoms with E-state index in [1.807, 2.05) is 6.07 Å². The molecule has 0 radical (unpaired) electrons. The lowest BCUT2D eigenvalue weighted by molar-refractivity contribution is 0.0478. The Morgan fingerprint density at radius 2 is 2.08 bits per heavy atom. The Morgan fingerprint density at radius 3 is 2.84 bits per heavy atom. The molecule has 1 aliphatic rings. The summed E-state index contributed by atoms with van der Waals surface area (Å²) < 4.78 is 10.4. The lowest BCUT2D eigenvalue weighted by Gasteiger charge is -2.19. The van der Waals surface area contributed by atoms with Crippen LogP contribution in [0.3, 0.4) is 0 Å². The lowest BCUT2D eigenvalue weighted by atomic mass is 9.87. The number of ether oxygens (including phenoxy) is 2. The van der Waals surface area contributed by atoms with Gasteiger partial charge in [0.15, 0.2) is 6.61 Å². The maximum Gasteiger partial charge on any atom is 0.348 e. The van der Waals surface area contributed by atoms with Gasteiger partial charge in [0, 0.05) is 4.88 Å². The average Bonchev–Trinajstić information content (AvgIpc) is 3.08. The van der Waals surface area contributed by atoms with Crippen LogP contribution in [0.4, 0.5) is 0 Å². The SMILES string of the molecule is CCC1CCc2sc(C(=O)OCC(=O)c3ccccc3OC)cc2C1. The second-order valence-corrected chi connectivity index (χ2v) is 7.41. The number of carbonyl (C=O) groups is 2. The molecule has 0 saturated carbocycles. The minimum Gasteiger partial charge on any atom is -0.496 e. The standard InChI is InChI=1S/C20H22O4S/c1-3-13-8-9-18-14(10-13)11-19(25-18)20(22)24-12-16(21)15-6-4-5-7-17(15)23-2/h4-7,11,13H,3,8-10,12H2,1-2H3. The summed E-state index contributed by atoms with van der Waals surface area (Å²) in [5.74, 6) is 0.507. The van der Waals surface area contributed by atoms with Gasteiger partial charge in [0.25, 0.3) is 0 Å². The van der Waals surface area contributed by atoms with Gasteiger partial charge in [0.1, 0.15) is 10.6 Å². The van der Waals surface area contributed by atoms with Gasteiger partial charge in [-0.25, -0.2) is 4.79 Å². The Morgan fingerprint density at radius 1 is 1.28 bits per heavy atom. The third-order valence-electron chi connectivity index (χ3n) is 4.71. The molecule has 132 valence electrons. The molecule has 0 spiro atoms. The van der Waals surface area contributed by atoms with Crippen molar-refractivity contribution in [3.63, 3.8) is 0 Å². The van der Waals surface area contributed by atoms with Crippen molar-refractivity contribution in [3.05, 3.63) is 51.2 Å². The highest BCUT2D eigenvalue weighted by atomic mass is 32.1. The van der Waals surface area contributed by atoms with Crippen molar-refractivity contribution in [1.29, 1.82) is 0 Å². The highest BCUT2D eigenvalue weighted by molar-refractivity contribution is 7.14. The first-order valence-corrected chi connectivity index (χ1v) is 9.39. The van der Waals surface area contributed by atoms with Crippen molar-refractivity contribution in [3.8, 4) is 5.75 Å². The van der Waals surface area contributed by atoms with Crippen LogP contribution in [0.15, 0.2) is 30.3 Å². The smallest absolute Gasteiger partial charge is 0.348 e. The molecule has 0 saturated heterocycles. The molecule has 0 N–H and O–H groups in total. The van der Waals surface area contributed by atoms with E-state index < -0.39 is 5.97 Å². The molecule has 0 amide bonds. The highest BCUT2D eigenvalue weighted by Gasteiger charge is 2.23. The van der Waals surface area contributed by atoms with Gasteiger partial charge in [0.05, 0.1) is 12.7 Å². The second-order valence-electron chi connectivity index (χ2n) is 6.28. The summed E-state index contributed by atoms with van der Waals surface area (Å²) in [5.41, 5.74) is 1.69. The highest BCUT2D eigenvalue weighted by Crippen LogP contribution is 2.33. The molecule has 25 heavy (non-hydrogen) atoms. The number of methoxy groups -OCH3 is 1. The van der Waals surface area contributed by atoms with Crippen LogP contribution in [0.5, 0.6) is 5.75 Å². The Bertz CT molecular complexity index is 778. The topological polar surface area (TPSA) is 52.6 Å². The van der Waals surface area contributed by atoms with Crippen LogP contribution in [0, 0.1) is 5.92 Å². The molecule has 2 aromatic rings. The number of para-hydroxylation sites is 1. The van der Waals surface area contributed by atoms with E-state index in [0.717, 1.165) is 12.8 Å². The van der Waals surface area contributed by atoms with Crippen LogP contribution >= 0.6 is 11.3 Å². The zero-order valence-electron chi connectivity index (χ0n) is 14.5. The van der Waals surface area contributed by atoms with Crippen molar-refractivity contribution in [2.45, 2.75) is 32.6 Å². The summed E-state index contributed by atoms with van der Waals surface area (Å²) >= 11 is 1.50. The van der Waals surface area contributed by atoms with E-state index in [1.54, 1.807) is 24.3 Å². The number of ketones is 1. The average molecular weight is 358 g/mol. The second kappa shape index (κ2) is 7.83. The van der Waals surface area contributed by atoms with E-state index >= 15 is 0 Å². The van der Waals surface area contributed by atoms with Crippen LogP contribution in [0.2, 0.25) is 0 Å². The first-order valence-electron chi connectivity index (χ1n) is 8.57. The quantitative estimate of drug-likeness (QED) is 0.570. The normalized spacial score (nSPS) is 16.2. The minimum absolute atomic E-state index is 0.266. The molecule has 0 fully saturated rings. The van der Waals surface area contributed by atoms with Gasteiger partial charge < -0.3 is 9.47 Å². The predicted molar refractivity (Wildman–Crippen MR) is 97.7 cm³/mol. The molecule has 1 unspecified atom stereocenters. The molecule has 4 nitrogen and oxygen atoms in total. The first-order chi connectivity index (χ1) is 12.1. The molecule has 3 rings (SSSR count). The number of hydrogen-bond donors (Lipinski definition) is 0. The Labute approximate surface area is 151 Å². The first kappa shape index (κ1) is 17.7. The van der Waals surface area contributed by atoms with E-state index in [-0.39, 0.29) is 12.4 Å². The number of carbonyl (C=O) groups excluding carboxylic acids is 2. The van der Waals surface area contributed by atoms with Gasteiger partial charge in [-0.3, -0.25) is 4.79 Å². The summed E-state index contributed by atoms with van der Waals surface area (Å²) in [6, 6.07) is 8.88. The number of hydrogen-bond acceptors (Lipinski definition) is 5. The van der Waals surface area contributed by atoms with Crippen LogP contribution in [-0.4, -0.2) is 25.5 Å². The zero-order chi connectivity index (χ0) is 17.8. The Hall–Kier alpha value is -2.14. The van der Waals surface area contributed by atoms with E-state index in [0.29, 0.717) is 22.1 Å². The number of esters is 1. The number of rotatable bonds is 6. The van der Waals surface area contributed by atoms with Crippen molar-refractivity contribution in [1.82, 2.24) is 0 Å². The summed E-state index contributed by atoms with van der Waals surface area (Å²) in [5, 5.41) is 0. The van der Waals surface area contributed by atoms with Crippen molar-refractivity contribution < 1.29 is 19.1 Å². The molecular weight excluding hydrogens is 336 g/mol. The Kier molecular flexibility index (Phi) is 5.53. The molecular formula is C20H22O4S. The molecule has 1 aromatic heterocycles. The van der Waals surface area contributed by atoms with Gasteiger partial charge in [-0.1, -0.05) is 25.5 Å². The summed E-state index contributed by atoms with van der Waals surface area (Å²) in [6.45, 7) is 1.93. The van der Waals surface area contributed by atoms with Crippen LogP contribution in [0.25, 0.3) is 0 Å². The number of thiophene rings is 1. The molecule has 0 bridgehead atoms. The summed E-state index contributed by atoms with van der Waals surface area (Å²) in [4.78, 5) is 26.5. The fourth-order valence-corrected chi connectivity index (χ4v) is 4.31. The third kappa shape index (κ3) is 3.93. The van der Waals surface area contributed by atoms with Crippen LogP contribution < -0.4 is 4.74 Å². The Balaban J connectivity index is 1.63. The van der Waals surface area contributed by atoms with E-state index in [2.05, 4.69) is 6.92 Å². The van der Waals surface area contributed by atoms with E-state index in [1.165, 1.54) is 41.7 Å². The van der Waals surface area contributed by atoms with Crippen molar-refractivity contribution in [2.24, 2.45) is 5.92 Å². The largest absolute Gasteiger partial charge is 0.496 e. The number of benzene rings is 1. The monoisotopic (exact) mass is 358 g/mol. The molecule has 1 atom stereocenters. The summed E-state index contributed by atoms with van der Waals surface area (Å²) in [7, 11) is 1.51. The predicted octanol–water partition coefficient (Wildman–Crippen LogP) is 4.31.